The summed E-state index contributed by atoms with van der Waals surface area (Å²) in [4.78, 5) is 0. The molecular formula is C18H21NO. The molecule has 2 aromatic carbocycles. The molecule has 104 valence electrons. The first-order chi connectivity index (χ1) is 9.88. The van der Waals surface area contributed by atoms with E-state index in [1.165, 1.54) is 29.7 Å². The van der Waals surface area contributed by atoms with Gasteiger partial charge in [-0.15, -0.1) is 0 Å². The van der Waals surface area contributed by atoms with E-state index in [2.05, 4.69) is 41.7 Å². The van der Waals surface area contributed by atoms with Gasteiger partial charge in [-0.3, -0.25) is 0 Å². The second-order valence-corrected chi connectivity index (χ2v) is 5.35. The lowest BCUT2D eigenvalue weighted by atomic mass is 9.86. The van der Waals surface area contributed by atoms with E-state index in [1.807, 2.05) is 12.1 Å². The molecule has 0 bridgehead atoms. The van der Waals surface area contributed by atoms with E-state index >= 15 is 0 Å². The lowest BCUT2D eigenvalue weighted by Crippen LogP contribution is -2.17. The summed E-state index contributed by atoms with van der Waals surface area (Å²) >= 11 is 0. The molecule has 0 aliphatic carbocycles. The molecule has 2 heteroatoms. The Morgan fingerprint density at radius 1 is 1.10 bits per heavy atom. The second-order valence-electron chi connectivity index (χ2n) is 5.35. The molecular weight excluding hydrogens is 246 g/mol. The maximum absolute atomic E-state index is 5.44. The van der Waals surface area contributed by atoms with Gasteiger partial charge in [0.05, 0.1) is 7.11 Å². The highest BCUT2D eigenvalue weighted by molar-refractivity contribution is 5.54. The Kier molecular flexibility index (Phi) is 3.91. The van der Waals surface area contributed by atoms with E-state index in [0.29, 0.717) is 5.92 Å². The number of hydrogen-bond acceptors (Lipinski definition) is 2. The summed E-state index contributed by atoms with van der Waals surface area (Å²) in [5.41, 5.74) is 4.09. The molecule has 1 atom stereocenters. The van der Waals surface area contributed by atoms with Crippen molar-refractivity contribution in [1.82, 2.24) is 0 Å². The van der Waals surface area contributed by atoms with Crippen LogP contribution in [0.5, 0.6) is 5.75 Å². The molecule has 0 unspecified atom stereocenters. The number of rotatable bonds is 4. The Morgan fingerprint density at radius 3 is 2.80 bits per heavy atom. The molecule has 2 nitrogen and oxygen atoms in total. The summed E-state index contributed by atoms with van der Waals surface area (Å²) in [7, 11) is 1.75. The van der Waals surface area contributed by atoms with E-state index in [0.717, 1.165) is 18.7 Å². The molecule has 0 amide bonds. The third-order valence-corrected chi connectivity index (χ3v) is 4.16. The molecule has 3 rings (SSSR count). The summed E-state index contributed by atoms with van der Waals surface area (Å²) in [6.45, 7) is 1.08. The van der Waals surface area contributed by atoms with Crippen LogP contribution in [0.4, 0.5) is 5.69 Å². The Morgan fingerprint density at radius 2 is 1.90 bits per heavy atom. The second kappa shape index (κ2) is 6.00. The van der Waals surface area contributed by atoms with E-state index in [1.54, 1.807) is 7.11 Å². The minimum atomic E-state index is 0.650. The van der Waals surface area contributed by atoms with Crippen LogP contribution in [0, 0.1) is 0 Å². The average Bonchev–Trinajstić information content (AvgIpc) is 2.53. The fourth-order valence-electron chi connectivity index (χ4n) is 3.09. The van der Waals surface area contributed by atoms with Crippen LogP contribution in [0.25, 0.3) is 0 Å². The minimum Gasteiger partial charge on any atom is -0.496 e. The van der Waals surface area contributed by atoms with Gasteiger partial charge in [-0.05, 0) is 48.4 Å². The van der Waals surface area contributed by atoms with Crippen LogP contribution < -0.4 is 10.1 Å². The van der Waals surface area contributed by atoms with Crippen molar-refractivity contribution in [2.24, 2.45) is 0 Å². The summed E-state index contributed by atoms with van der Waals surface area (Å²) < 4.78 is 5.44. The van der Waals surface area contributed by atoms with Crippen molar-refractivity contribution in [3.63, 3.8) is 0 Å². The molecule has 2 aromatic rings. The lowest BCUT2D eigenvalue weighted by molar-refractivity contribution is 0.408. The van der Waals surface area contributed by atoms with Crippen LogP contribution in [0.2, 0.25) is 0 Å². The first-order valence-corrected chi connectivity index (χ1v) is 7.33. The number of hydrogen-bond donors (Lipinski definition) is 1. The van der Waals surface area contributed by atoms with Gasteiger partial charge in [-0.1, -0.05) is 36.4 Å². The largest absolute Gasteiger partial charge is 0.496 e. The molecule has 0 spiro atoms. The van der Waals surface area contributed by atoms with Crippen LogP contribution in [-0.4, -0.2) is 13.7 Å². The van der Waals surface area contributed by atoms with Gasteiger partial charge < -0.3 is 10.1 Å². The zero-order valence-electron chi connectivity index (χ0n) is 11.9. The number of fused-ring (bicyclic) bond motifs is 1. The Hall–Kier alpha value is -1.96. The number of anilines is 1. The van der Waals surface area contributed by atoms with E-state index in [4.69, 9.17) is 4.74 Å². The van der Waals surface area contributed by atoms with E-state index in [9.17, 15) is 0 Å². The molecule has 0 saturated carbocycles. The maximum atomic E-state index is 5.44. The summed E-state index contributed by atoms with van der Waals surface area (Å²) in [5, 5.41) is 3.49. The number of aryl methyl sites for hydroxylation is 1. The topological polar surface area (TPSA) is 21.3 Å². The van der Waals surface area contributed by atoms with Crippen molar-refractivity contribution in [2.45, 2.75) is 25.2 Å². The first kappa shape index (κ1) is 13.0. The zero-order valence-corrected chi connectivity index (χ0v) is 11.9. The normalized spacial score (nSPS) is 17.1. The highest BCUT2D eigenvalue weighted by Crippen LogP contribution is 2.35. The van der Waals surface area contributed by atoms with Gasteiger partial charge in [-0.25, -0.2) is 0 Å². The minimum absolute atomic E-state index is 0.650. The maximum Gasteiger partial charge on any atom is 0.122 e. The molecule has 0 saturated heterocycles. The standard InChI is InChI=1S/C18H21NO/c1-20-18-9-5-2-6-15(18)11-10-14-12-13-19-17-8-4-3-7-16(14)17/h2-9,14,19H,10-13H2,1H3/t14-/m1/s1. The quantitative estimate of drug-likeness (QED) is 0.895. The average molecular weight is 267 g/mol. The first-order valence-electron chi connectivity index (χ1n) is 7.33. The third kappa shape index (κ3) is 2.64. The number of benzene rings is 2. The van der Waals surface area contributed by atoms with Gasteiger partial charge in [-0.2, -0.15) is 0 Å². The Balaban J connectivity index is 1.73. The SMILES string of the molecule is COc1ccccc1CC[C@@H]1CCNc2ccccc21. The van der Waals surface area contributed by atoms with Crippen molar-refractivity contribution in [2.75, 3.05) is 19.0 Å². The zero-order chi connectivity index (χ0) is 13.8. The number of ether oxygens (including phenoxy) is 1. The van der Waals surface area contributed by atoms with Gasteiger partial charge in [0.1, 0.15) is 5.75 Å². The predicted octanol–water partition coefficient (Wildman–Crippen LogP) is 4.23. The van der Waals surface area contributed by atoms with E-state index < -0.39 is 0 Å². The van der Waals surface area contributed by atoms with Crippen LogP contribution in [0.1, 0.15) is 29.9 Å². The fourth-order valence-corrected chi connectivity index (χ4v) is 3.09. The van der Waals surface area contributed by atoms with Crippen molar-refractivity contribution >= 4 is 5.69 Å². The number of nitrogens with one attached hydrogen (secondary N) is 1. The molecule has 0 fully saturated rings. The van der Waals surface area contributed by atoms with Gasteiger partial charge in [0.2, 0.25) is 0 Å². The Bertz CT molecular complexity index is 579. The smallest absolute Gasteiger partial charge is 0.122 e. The summed E-state index contributed by atoms with van der Waals surface area (Å²) in [5.74, 6) is 1.66. The number of methoxy groups -OCH3 is 1. The monoisotopic (exact) mass is 267 g/mol. The van der Waals surface area contributed by atoms with Crippen LogP contribution in [-0.2, 0) is 6.42 Å². The van der Waals surface area contributed by atoms with Crippen LogP contribution in [0.15, 0.2) is 48.5 Å². The molecule has 1 heterocycles. The van der Waals surface area contributed by atoms with Crippen LogP contribution in [0.3, 0.4) is 0 Å². The van der Waals surface area contributed by atoms with Gasteiger partial charge >= 0.3 is 0 Å². The van der Waals surface area contributed by atoms with Crippen molar-refractivity contribution < 1.29 is 4.74 Å². The van der Waals surface area contributed by atoms with Crippen molar-refractivity contribution in [3.05, 3.63) is 59.7 Å². The highest BCUT2D eigenvalue weighted by Gasteiger charge is 2.19. The van der Waals surface area contributed by atoms with Crippen LogP contribution >= 0.6 is 0 Å². The summed E-state index contributed by atoms with van der Waals surface area (Å²) in [6, 6.07) is 17.0. The molecule has 20 heavy (non-hydrogen) atoms. The molecule has 1 N–H and O–H groups in total. The highest BCUT2D eigenvalue weighted by atomic mass is 16.5. The lowest BCUT2D eigenvalue weighted by Gasteiger charge is -2.26. The van der Waals surface area contributed by atoms with Gasteiger partial charge in [0, 0.05) is 12.2 Å². The third-order valence-electron chi connectivity index (χ3n) is 4.16. The molecule has 1 aliphatic heterocycles. The fraction of sp³-hybridized carbons (Fsp3) is 0.333. The Labute approximate surface area is 120 Å². The van der Waals surface area contributed by atoms with E-state index in [-0.39, 0.29) is 0 Å². The molecule has 0 radical (unpaired) electrons. The van der Waals surface area contributed by atoms with Gasteiger partial charge in [0.25, 0.3) is 0 Å². The summed E-state index contributed by atoms with van der Waals surface area (Å²) in [6.07, 6.45) is 3.47. The van der Waals surface area contributed by atoms with Crippen molar-refractivity contribution in [1.29, 1.82) is 0 Å². The predicted molar refractivity (Wildman–Crippen MR) is 83.6 cm³/mol. The molecule has 0 aromatic heterocycles. The van der Waals surface area contributed by atoms with Gasteiger partial charge in [0.15, 0.2) is 0 Å². The number of para-hydroxylation sites is 2. The molecule has 1 aliphatic rings. The van der Waals surface area contributed by atoms with Crippen molar-refractivity contribution in [3.8, 4) is 5.75 Å².